The van der Waals surface area contributed by atoms with Gasteiger partial charge in [0.15, 0.2) is 0 Å². The van der Waals surface area contributed by atoms with E-state index in [2.05, 4.69) is 15.0 Å². The molecule has 168 valence electrons. The Balaban J connectivity index is 1.18. The monoisotopic (exact) mass is 442 g/mol. The van der Waals surface area contributed by atoms with Gasteiger partial charge in [0.1, 0.15) is 11.6 Å². The number of fused-ring (bicyclic) bond motifs is 1. The van der Waals surface area contributed by atoms with E-state index >= 15 is 0 Å². The molecular formula is C23H24F2N4O3. The van der Waals surface area contributed by atoms with Crippen LogP contribution in [-0.4, -0.2) is 47.9 Å². The number of anilines is 1. The molecule has 1 saturated heterocycles. The van der Waals surface area contributed by atoms with E-state index in [9.17, 15) is 18.4 Å². The lowest BCUT2D eigenvalue weighted by Gasteiger charge is -2.20. The van der Waals surface area contributed by atoms with Gasteiger partial charge in [-0.15, -0.1) is 0 Å². The molecule has 32 heavy (non-hydrogen) atoms. The molecular weight excluding hydrogens is 418 g/mol. The predicted molar refractivity (Wildman–Crippen MR) is 115 cm³/mol. The van der Waals surface area contributed by atoms with Gasteiger partial charge in [-0.25, -0.2) is 4.98 Å². The van der Waals surface area contributed by atoms with Crippen molar-refractivity contribution in [3.8, 4) is 5.75 Å². The number of piperidine rings is 1. The minimum absolute atomic E-state index is 0.0227. The summed E-state index contributed by atoms with van der Waals surface area (Å²) in [5.41, 5.74) is 6.67. The number of nitrogens with two attached hydrogens (primary N) is 1. The maximum Gasteiger partial charge on any atom is 0.387 e. The number of alkyl halides is 2. The molecule has 1 unspecified atom stereocenters. The Morgan fingerprint density at radius 2 is 2.03 bits per heavy atom. The molecule has 0 radical (unpaired) electrons. The standard InChI is InChI=1S/C23H24F2N4O3/c24-23(25)32-16-3-1-2-15(10-16)22(31)29-12-18-17(19(18)13-29)8-9-27-21(30)7-5-14-4-6-20(26)28-11-14/h1-7,10-11,17-19,23H,8-9,12-13H2,(H2,26,28)(H,27,30)/b7-5+/t17?,18-,19+. The average molecular weight is 442 g/mol. The number of carbonyl (C=O) groups is 2. The smallest absolute Gasteiger partial charge is 0.387 e. The molecule has 1 aliphatic carbocycles. The number of aromatic nitrogens is 1. The highest BCUT2D eigenvalue weighted by atomic mass is 19.3. The van der Waals surface area contributed by atoms with Crippen LogP contribution in [-0.2, 0) is 4.79 Å². The summed E-state index contributed by atoms with van der Waals surface area (Å²) in [7, 11) is 0. The zero-order chi connectivity index (χ0) is 22.7. The Morgan fingerprint density at radius 3 is 2.72 bits per heavy atom. The van der Waals surface area contributed by atoms with Crippen molar-refractivity contribution in [1.29, 1.82) is 0 Å². The summed E-state index contributed by atoms with van der Waals surface area (Å²) in [4.78, 5) is 30.4. The van der Waals surface area contributed by atoms with Crippen LogP contribution in [0, 0.1) is 17.8 Å². The molecule has 3 N–H and O–H groups in total. The van der Waals surface area contributed by atoms with E-state index in [0.29, 0.717) is 48.8 Å². The predicted octanol–water partition coefficient (Wildman–Crippen LogP) is 2.80. The summed E-state index contributed by atoms with van der Waals surface area (Å²) in [6, 6.07) is 9.34. The average Bonchev–Trinajstić information content (AvgIpc) is 3.21. The van der Waals surface area contributed by atoms with Crippen LogP contribution in [0.1, 0.15) is 22.3 Å². The zero-order valence-electron chi connectivity index (χ0n) is 17.3. The molecule has 1 saturated carbocycles. The Morgan fingerprint density at radius 1 is 1.25 bits per heavy atom. The zero-order valence-corrected chi connectivity index (χ0v) is 17.3. The minimum atomic E-state index is -2.92. The number of hydrogen-bond acceptors (Lipinski definition) is 5. The summed E-state index contributed by atoms with van der Waals surface area (Å²) in [6.07, 6.45) is 5.60. The van der Waals surface area contributed by atoms with E-state index in [1.807, 2.05) is 0 Å². The van der Waals surface area contributed by atoms with Crippen molar-refractivity contribution < 1.29 is 23.1 Å². The lowest BCUT2D eigenvalue weighted by molar-refractivity contribution is -0.116. The summed E-state index contributed by atoms with van der Waals surface area (Å²) in [5, 5.41) is 2.88. The number of amides is 2. The van der Waals surface area contributed by atoms with E-state index < -0.39 is 6.61 Å². The first-order chi connectivity index (χ1) is 15.4. The van der Waals surface area contributed by atoms with Gasteiger partial charge in [0.05, 0.1) is 0 Å². The normalized spacial score (nSPS) is 21.6. The van der Waals surface area contributed by atoms with Crippen molar-refractivity contribution >= 4 is 23.7 Å². The van der Waals surface area contributed by atoms with Crippen molar-refractivity contribution in [3.05, 3.63) is 59.8 Å². The minimum Gasteiger partial charge on any atom is -0.435 e. The molecule has 2 heterocycles. The first-order valence-electron chi connectivity index (χ1n) is 10.4. The summed E-state index contributed by atoms with van der Waals surface area (Å²) >= 11 is 0. The molecule has 1 aliphatic heterocycles. The van der Waals surface area contributed by atoms with E-state index in [4.69, 9.17) is 5.73 Å². The van der Waals surface area contributed by atoms with Crippen molar-refractivity contribution in [1.82, 2.24) is 15.2 Å². The third-order valence-corrected chi connectivity index (χ3v) is 5.98. The number of pyridine rings is 1. The fraction of sp³-hybridized carbons (Fsp3) is 0.348. The van der Waals surface area contributed by atoms with E-state index in [-0.39, 0.29) is 17.6 Å². The third-order valence-electron chi connectivity index (χ3n) is 5.98. The number of carbonyl (C=O) groups excluding carboxylic acids is 2. The first-order valence-corrected chi connectivity index (χ1v) is 10.4. The molecule has 4 rings (SSSR count). The maximum absolute atomic E-state index is 12.7. The Hall–Kier alpha value is -3.49. The number of likely N-dealkylation sites (tertiary alicyclic amines) is 1. The number of halogens is 2. The Kier molecular flexibility index (Phi) is 6.34. The van der Waals surface area contributed by atoms with Crippen LogP contribution in [0.15, 0.2) is 48.7 Å². The lowest BCUT2D eigenvalue weighted by atomic mass is 10.1. The molecule has 2 amide bonds. The second kappa shape index (κ2) is 9.33. The van der Waals surface area contributed by atoms with Gasteiger partial charge in [-0.1, -0.05) is 6.07 Å². The van der Waals surface area contributed by atoms with Crippen LogP contribution in [0.2, 0.25) is 0 Å². The largest absolute Gasteiger partial charge is 0.435 e. The number of hydrogen-bond donors (Lipinski definition) is 2. The molecule has 2 aliphatic rings. The van der Waals surface area contributed by atoms with Crippen LogP contribution in [0.5, 0.6) is 5.75 Å². The quantitative estimate of drug-likeness (QED) is 0.613. The van der Waals surface area contributed by atoms with Crippen LogP contribution >= 0.6 is 0 Å². The van der Waals surface area contributed by atoms with Crippen molar-refractivity contribution in [2.24, 2.45) is 17.8 Å². The van der Waals surface area contributed by atoms with Gasteiger partial charge in [-0.05, 0) is 66.1 Å². The van der Waals surface area contributed by atoms with Crippen LogP contribution < -0.4 is 15.8 Å². The number of benzene rings is 1. The number of nitrogens with one attached hydrogen (secondary N) is 1. The van der Waals surface area contributed by atoms with E-state index in [1.165, 1.54) is 24.3 Å². The van der Waals surface area contributed by atoms with Crippen molar-refractivity contribution in [3.63, 3.8) is 0 Å². The Bertz CT molecular complexity index is 1000. The highest BCUT2D eigenvalue weighted by Crippen LogP contribution is 2.53. The van der Waals surface area contributed by atoms with E-state index in [1.54, 1.807) is 35.4 Å². The SMILES string of the molecule is Nc1ccc(/C=C/C(=O)NCCC2[C@H]3CN(C(=O)c4cccc(OC(F)F)c4)C[C@@H]23)cn1. The summed E-state index contributed by atoms with van der Waals surface area (Å²) in [5.74, 6) is 1.39. The molecule has 1 aromatic carbocycles. The molecule has 0 spiro atoms. The van der Waals surface area contributed by atoms with Gasteiger partial charge in [0.2, 0.25) is 5.91 Å². The molecule has 0 bridgehead atoms. The van der Waals surface area contributed by atoms with Gasteiger partial charge < -0.3 is 20.7 Å². The Labute approximate surface area is 184 Å². The van der Waals surface area contributed by atoms with Crippen molar-refractivity contribution in [2.45, 2.75) is 13.0 Å². The summed E-state index contributed by atoms with van der Waals surface area (Å²) < 4.78 is 29.1. The second-order valence-corrected chi connectivity index (χ2v) is 8.04. The third kappa shape index (κ3) is 5.22. The van der Waals surface area contributed by atoms with Gasteiger partial charge >= 0.3 is 6.61 Å². The number of nitrogens with zero attached hydrogens (tertiary/aromatic N) is 2. The molecule has 3 atom stereocenters. The molecule has 7 nitrogen and oxygen atoms in total. The second-order valence-electron chi connectivity index (χ2n) is 8.04. The molecule has 2 fully saturated rings. The van der Waals surface area contributed by atoms with Crippen molar-refractivity contribution in [2.75, 3.05) is 25.4 Å². The topological polar surface area (TPSA) is 97.6 Å². The first kappa shape index (κ1) is 21.7. The van der Waals surface area contributed by atoms with Gasteiger partial charge in [0, 0.05) is 37.5 Å². The lowest BCUT2D eigenvalue weighted by Crippen LogP contribution is -2.32. The van der Waals surface area contributed by atoms with Crippen LogP contribution in [0.4, 0.5) is 14.6 Å². The fourth-order valence-corrected chi connectivity index (χ4v) is 4.34. The van der Waals surface area contributed by atoms with Crippen LogP contribution in [0.3, 0.4) is 0 Å². The maximum atomic E-state index is 12.7. The molecule has 1 aromatic heterocycles. The number of rotatable bonds is 8. The number of nitrogen functional groups attached to an aromatic ring is 1. The van der Waals surface area contributed by atoms with Gasteiger partial charge in [0.25, 0.3) is 5.91 Å². The fourth-order valence-electron chi connectivity index (χ4n) is 4.34. The van der Waals surface area contributed by atoms with E-state index in [0.717, 1.165) is 12.0 Å². The van der Waals surface area contributed by atoms with Crippen LogP contribution in [0.25, 0.3) is 6.08 Å². The summed E-state index contributed by atoms with van der Waals surface area (Å²) in [6.45, 7) is -1.06. The van der Waals surface area contributed by atoms with Gasteiger partial charge in [-0.2, -0.15) is 8.78 Å². The molecule has 9 heteroatoms. The highest BCUT2D eigenvalue weighted by Gasteiger charge is 2.55. The number of ether oxygens (including phenoxy) is 1. The van der Waals surface area contributed by atoms with Gasteiger partial charge in [-0.3, -0.25) is 9.59 Å². The highest BCUT2D eigenvalue weighted by molar-refractivity contribution is 5.95. The molecule has 2 aromatic rings.